The molecule has 0 aliphatic heterocycles. The number of carbonyl (C=O) groups is 2. The van der Waals surface area contributed by atoms with E-state index < -0.39 is 33.2 Å². The fourth-order valence-corrected chi connectivity index (χ4v) is 4.47. The Morgan fingerprint density at radius 2 is 1.81 bits per heavy atom. The Hall–Kier alpha value is -2.26. The molecular weight excluding hydrogens is 379 g/mol. The van der Waals surface area contributed by atoms with Crippen LogP contribution < -0.4 is 10.9 Å². The Kier molecular flexibility index (Phi) is 6.49. The number of hydrogen-bond donors (Lipinski definition) is 2. The van der Waals surface area contributed by atoms with Crippen molar-refractivity contribution in [1.29, 1.82) is 0 Å². The van der Waals surface area contributed by atoms with Gasteiger partial charge in [-0.25, -0.2) is 12.8 Å². The van der Waals surface area contributed by atoms with Crippen molar-refractivity contribution >= 4 is 33.0 Å². The second-order valence-electron chi connectivity index (χ2n) is 5.60. The van der Waals surface area contributed by atoms with Crippen LogP contribution in [0.2, 0.25) is 0 Å². The SMILES string of the molecule is CCc1sc(C(=O)NNC(=O)CCS(=O)(=O)c2ccc(F)cc2)cc1C. The van der Waals surface area contributed by atoms with E-state index in [1.54, 1.807) is 6.07 Å². The summed E-state index contributed by atoms with van der Waals surface area (Å²) in [6, 6.07) is 6.12. The van der Waals surface area contributed by atoms with Crippen molar-refractivity contribution in [1.82, 2.24) is 10.9 Å². The summed E-state index contributed by atoms with van der Waals surface area (Å²) < 4.78 is 37.0. The van der Waals surface area contributed by atoms with Crippen LogP contribution in [0.4, 0.5) is 4.39 Å². The van der Waals surface area contributed by atoms with Gasteiger partial charge in [-0.05, 0) is 49.2 Å². The zero-order chi connectivity index (χ0) is 19.3. The third kappa shape index (κ3) is 5.12. The number of rotatable bonds is 6. The van der Waals surface area contributed by atoms with Crippen molar-refractivity contribution in [2.75, 3.05) is 5.75 Å². The number of carbonyl (C=O) groups excluding carboxylic acids is 2. The maximum Gasteiger partial charge on any atom is 0.279 e. The van der Waals surface area contributed by atoms with Crippen LogP contribution in [0.15, 0.2) is 35.2 Å². The van der Waals surface area contributed by atoms with Gasteiger partial charge in [0, 0.05) is 11.3 Å². The normalized spacial score (nSPS) is 11.2. The zero-order valence-electron chi connectivity index (χ0n) is 14.3. The predicted octanol–water partition coefficient (Wildman–Crippen LogP) is 2.38. The highest BCUT2D eigenvalue weighted by Gasteiger charge is 2.17. The molecule has 0 fully saturated rings. The second-order valence-corrected chi connectivity index (χ2v) is 8.84. The van der Waals surface area contributed by atoms with E-state index in [9.17, 15) is 22.4 Å². The standard InChI is InChI=1S/C17H19FN2O4S2/c1-3-14-11(2)10-15(25-14)17(22)20-19-16(21)8-9-26(23,24)13-6-4-12(18)5-7-13/h4-7,10H,3,8-9H2,1-2H3,(H,19,21)(H,20,22). The number of sulfone groups is 1. The van der Waals surface area contributed by atoms with Crippen LogP contribution in [0.5, 0.6) is 0 Å². The largest absolute Gasteiger partial charge is 0.279 e. The number of thiophene rings is 1. The van der Waals surface area contributed by atoms with Crippen molar-refractivity contribution in [3.8, 4) is 0 Å². The molecule has 0 unspecified atom stereocenters. The number of hydrogen-bond acceptors (Lipinski definition) is 5. The fraction of sp³-hybridized carbons (Fsp3) is 0.294. The third-order valence-electron chi connectivity index (χ3n) is 3.65. The Labute approximate surface area is 155 Å². The Bertz CT molecular complexity index is 905. The molecule has 0 aliphatic rings. The number of halogens is 1. The maximum atomic E-state index is 12.9. The van der Waals surface area contributed by atoms with E-state index in [0.29, 0.717) is 4.88 Å². The average molecular weight is 398 g/mol. The molecule has 0 bridgehead atoms. The number of hydrazine groups is 1. The lowest BCUT2D eigenvalue weighted by molar-refractivity contribution is -0.121. The molecule has 26 heavy (non-hydrogen) atoms. The first kappa shape index (κ1) is 20.1. The van der Waals surface area contributed by atoms with Crippen LogP contribution in [-0.2, 0) is 21.1 Å². The highest BCUT2D eigenvalue weighted by atomic mass is 32.2. The van der Waals surface area contributed by atoms with Crippen LogP contribution in [0.1, 0.15) is 33.5 Å². The van der Waals surface area contributed by atoms with Gasteiger partial charge in [-0.2, -0.15) is 0 Å². The van der Waals surface area contributed by atoms with Crippen molar-refractivity contribution in [2.45, 2.75) is 31.6 Å². The summed E-state index contributed by atoms with van der Waals surface area (Å²) in [4.78, 5) is 25.3. The average Bonchev–Trinajstić information content (AvgIpc) is 2.99. The molecule has 0 atom stereocenters. The second kappa shape index (κ2) is 8.41. The quantitative estimate of drug-likeness (QED) is 0.577. The summed E-state index contributed by atoms with van der Waals surface area (Å²) in [5, 5.41) is 0. The third-order valence-corrected chi connectivity index (χ3v) is 6.76. The molecule has 1 heterocycles. The van der Waals surface area contributed by atoms with Crippen molar-refractivity contribution in [3.05, 3.63) is 51.5 Å². The van der Waals surface area contributed by atoms with E-state index in [0.717, 1.165) is 41.1 Å². The smallest absolute Gasteiger partial charge is 0.273 e. The molecule has 6 nitrogen and oxygen atoms in total. The molecule has 1 aromatic carbocycles. The number of benzene rings is 1. The minimum atomic E-state index is -3.71. The molecule has 0 spiro atoms. The van der Waals surface area contributed by atoms with Gasteiger partial charge in [0.05, 0.1) is 15.5 Å². The van der Waals surface area contributed by atoms with Gasteiger partial charge in [0.2, 0.25) is 5.91 Å². The molecule has 0 aliphatic carbocycles. The highest BCUT2D eigenvalue weighted by molar-refractivity contribution is 7.91. The van der Waals surface area contributed by atoms with Crippen molar-refractivity contribution < 1.29 is 22.4 Å². The molecule has 2 amide bonds. The molecule has 2 aromatic rings. The Balaban J connectivity index is 1.86. The van der Waals surface area contributed by atoms with E-state index in [-0.39, 0.29) is 11.3 Å². The molecule has 2 rings (SSSR count). The van der Waals surface area contributed by atoms with E-state index in [1.165, 1.54) is 11.3 Å². The number of nitrogens with one attached hydrogen (secondary N) is 2. The molecule has 1 aromatic heterocycles. The molecule has 2 N–H and O–H groups in total. The molecular formula is C17H19FN2O4S2. The lowest BCUT2D eigenvalue weighted by Crippen LogP contribution is -2.41. The van der Waals surface area contributed by atoms with Gasteiger partial charge in [-0.3, -0.25) is 20.4 Å². The maximum absolute atomic E-state index is 12.9. The fourth-order valence-electron chi connectivity index (χ4n) is 2.22. The first-order chi connectivity index (χ1) is 12.2. The van der Waals surface area contributed by atoms with Crippen LogP contribution in [0.25, 0.3) is 0 Å². The van der Waals surface area contributed by atoms with Crippen LogP contribution >= 0.6 is 11.3 Å². The highest BCUT2D eigenvalue weighted by Crippen LogP contribution is 2.22. The zero-order valence-corrected chi connectivity index (χ0v) is 16.0. The van der Waals surface area contributed by atoms with E-state index in [1.807, 2.05) is 13.8 Å². The molecule has 0 saturated carbocycles. The van der Waals surface area contributed by atoms with Crippen LogP contribution in [-0.4, -0.2) is 26.0 Å². The van der Waals surface area contributed by atoms with Gasteiger partial charge in [0.25, 0.3) is 5.91 Å². The molecule has 9 heteroatoms. The van der Waals surface area contributed by atoms with E-state index >= 15 is 0 Å². The van der Waals surface area contributed by atoms with Gasteiger partial charge in [0.15, 0.2) is 9.84 Å². The lowest BCUT2D eigenvalue weighted by atomic mass is 10.2. The molecule has 140 valence electrons. The van der Waals surface area contributed by atoms with Gasteiger partial charge >= 0.3 is 0 Å². The van der Waals surface area contributed by atoms with Gasteiger partial charge in [-0.15, -0.1) is 11.3 Å². The van der Waals surface area contributed by atoms with Gasteiger partial charge < -0.3 is 0 Å². The van der Waals surface area contributed by atoms with E-state index in [4.69, 9.17) is 0 Å². The molecule has 0 radical (unpaired) electrons. The topological polar surface area (TPSA) is 92.3 Å². The predicted molar refractivity (Wildman–Crippen MR) is 97.1 cm³/mol. The Morgan fingerprint density at radius 1 is 1.15 bits per heavy atom. The summed E-state index contributed by atoms with van der Waals surface area (Å²) in [5.41, 5.74) is 5.49. The van der Waals surface area contributed by atoms with E-state index in [2.05, 4.69) is 10.9 Å². The van der Waals surface area contributed by atoms with Gasteiger partial charge in [0.1, 0.15) is 5.82 Å². The number of amides is 2. The van der Waals surface area contributed by atoms with Crippen molar-refractivity contribution in [2.24, 2.45) is 0 Å². The molecule has 0 saturated heterocycles. The first-order valence-electron chi connectivity index (χ1n) is 7.89. The summed E-state index contributed by atoms with van der Waals surface area (Å²) in [6.07, 6.45) is 0.487. The minimum absolute atomic E-state index is 0.0584. The minimum Gasteiger partial charge on any atom is -0.273 e. The van der Waals surface area contributed by atoms with Crippen LogP contribution in [0.3, 0.4) is 0 Å². The summed E-state index contributed by atoms with van der Waals surface area (Å²) in [5.74, 6) is -2.07. The summed E-state index contributed by atoms with van der Waals surface area (Å²) in [7, 11) is -3.71. The lowest BCUT2D eigenvalue weighted by Gasteiger charge is -2.07. The monoisotopic (exact) mass is 398 g/mol. The van der Waals surface area contributed by atoms with Crippen molar-refractivity contribution in [3.63, 3.8) is 0 Å². The summed E-state index contributed by atoms with van der Waals surface area (Å²) >= 11 is 1.35. The van der Waals surface area contributed by atoms with Crippen LogP contribution in [0, 0.1) is 12.7 Å². The van der Waals surface area contributed by atoms with Gasteiger partial charge in [-0.1, -0.05) is 6.92 Å². The Morgan fingerprint density at radius 3 is 2.38 bits per heavy atom. The first-order valence-corrected chi connectivity index (χ1v) is 10.4. The summed E-state index contributed by atoms with van der Waals surface area (Å²) in [6.45, 7) is 3.90. The number of aryl methyl sites for hydroxylation is 2.